The molecule has 4 N–H and O–H groups in total. The van der Waals surface area contributed by atoms with Gasteiger partial charge in [0.2, 0.25) is 0 Å². The monoisotopic (exact) mass is 768 g/mol. The van der Waals surface area contributed by atoms with Crippen molar-refractivity contribution in [1.29, 1.82) is 0 Å². The first-order valence-electron chi connectivity index (χ1n) is 15.3. The second-order valence-electron chi connectivity index (χ2n) is 11.6. The maximum absolute atomic E-state index is 12.0. The Morgan fingerprint density at radius 3 is 1.83 bits per heavy atom. The molecule has 2 aromatic rings. The number of carbonyl (C=O) groups excluding carboxylic acids is 3. The van der Waals surface area contributed by atoms with Gasteiger partial charge in [-0.05, 0) is 104 Å². The van der Waals surface area contributed by atoms with Gasteiger partial charge in [0.15, 0.2) is 0 Å². The van der Waals surface area contributed by atoms with Gasteiger partial charge in [0.1, 0.15) is 16.6 Å². The van der Waals surface area contributed by atoms with Gasteiger partial charge >= 0.3 is 35.8 Å². The number of aromatic nitrogens is 2. The number of hydrogen-bond acceptors (Lipinski definition) is 11. The maximum atomic E-state index is 12.0. The number of piperidine rings is 2. The van der Waals surface area contributed by atoms with Gasteiger partial charge in [-0.15, -0.1) is 0 Å². The number of nitrogens with two attached hydrogens (primary N) is 1. The van der Waals surface area contributed by atoms with E-state index in [1.54, 1.807) is 17.8 Å². The number of anilines is 1. The molecule has 12 nitrogen and oxygen atoms in total. The number of amides is 1. The van der Waals surface area contributed by atoms with Gasteiger partial charge < -0.3 is 40.1 Å². The van der Waals surface area contributed by atoms with Crippen molar-refractivity contribution in [3.63, 3.8) is 0 Å². The summed E-state index contributed by atoms with van der Waals surface area (Å²) < 4.78 is 13.5. The first kappa shape index (κ1) is 46.5. The van der Waals surface area contributed by atoms with Gasteiger partial charge in [0.05, 0.1) is 0 Å². The summed E-state index contributed by atoms with van der Waals surface area (Å²) >= 11 is 7.03. The SMILES string of the molecule is CB(O)N1CCC(N)CC1.C[C-]=O.C[C-]=O.Cc1cccc(Cl)n1.Cc1cccc(NC2CCN(C(=O)OC(C)(C)C)CC2)n1.[O]=[Pd]. The van der Waals surface area contributed by atoms with E-state index < -0.39 is 5.60 Å². The number of nitrogens with zero attached hydrogens (tertiary/aromatic N) is 4. The summed E-state index contributed by atoms with van der Waals surface area (Å²) in [5.41, 5.74) is 7.22. The van der Waals surface area contributed by atoms with Gasteiger partial charge in [-0.3, -0.25) is 12.6 Å². The first-order chi connectivity index (χ1) is 22.1. The Morgan fingerprint density at radius 2 is 1.45 bits per heavy atom. The van der Waals surface area contributed by atoms with Crippen molar-refractivity contribution < 1.29 is 46.8 Å². The number of carbonyl (C=O) groups is 1. The van der Waals surface area contributed by atoms with Crippen molar-refractivity contribution in [2.45, 2.75) is 98.7 Å². The van der Waals surface area contributed by atoms with Crippen LogP contribution in [0.2, 0.25) is 12.0 Å². The summed E-state index contributed by atoms with van der Waals surface area (Å²) in [5.74, 6) is 0.908. The molecule has 2 fully saturated rings. The molecule has 47 heavy (non-hydrogen) atoms. The van der Waals surface area contributed by atoms with Crippen molar-refractivity contribution in [1.82, 2.24) is 19.7 Å². The molecule has 268 valence electrons. The number of ether oxygens (including phenoxy) is 1. The predicted molar refractivity (Wildman–Crippen MR) is 183 cm³/mol. The standard InChI is InChI=1S/C16H25N3O2.C6H15BN2O.C6H6ClN.2C2H3O.O.Pd/c1-12-6-5-7-14(17-12)18-13-8-10-19(11-9-13)15(20)21-16(2,3)4;1-7(10)9-4-2-6(8)3-5-9;1-5-3-2-4-6(7)8-5;2*1-2-3;;/h5-7,13H,8-11H2,1-4H3,(H,17,18);6,10H,2-5,8H2,1H3;2-4H,1H3;2*1H3;;/q;;;2*-1;;. The van der Waals surface area contributed by atoms with Crippen LogP contribution in [0, 0.1) is 13.8 Å². The van der Waals surface area contributed by atoms with E-state index in [1.807, 2.05) is 69.8 Å². The minimum atomic E-state index is -0.433. The third-order valence-corrected chi connectivity index (χ3v) is 6.55. The van der Waals surface area contributed by atoms with Gasteiger partial charge in [-0.1, -0.05) is 23.7 Å². The van der Waals surface area contributed by atoms with Gasteiger partial charge in [-0.25, -0.2) is 14.8 Å². The van der Waals surface area contributed by atoms with Crippen molar-refractivity contribution in [2.24, 2.45) is 5.73 Å². The minimum absolute atomic E-state index is 0.213. The quantitative estimate of drug-likeness (QED) is 0.221. The summed E-state index contributed by atoms with van der Waals surface area (Å²) in [4.78, 5) is 41.6. The summed E-state index contributed by atoms with van der Waals surface area (Å²) in [6, 6.07) is 12.2. The average Bonchev–Trinajstić information content (AvgIpc) is 2.99. The Bertz CT molecular complexity index is 1110. The summed E-state index contributed by atoms with van der Waals surface area (Å²) in [6.45, 7) is 17.3. The number of halogens is 1. The molecule has 0 radical (unpaired) electrons. The second kappa shape index (κ2) is 27.4. The van der Waals surface area contributed by atoms with Crippen molar-refractivity contribution in [3.05, 3.63) is 52.9 Å². The second-order valence-corrected chi connectivity index (χ2v) is 12.0. The zero-order valence-electron chi connectivity index (χ0n) is 28.9. The molecule has 0 atom stereocenters. The van der Waals surface area contributed by atoms with Gasteiger partial charge in [0, 0.05) is 36.6 Å². The number of likely N-dealkylation sites (tertiary alicyclic amines) is 1. The third kappa shape index (κ3) is 25.1. The molecule has 0 unspecified atom stereocenters. The van der Waals surface area contributed by atoms with Crippen LogP contribution in [-0.2, 0) is 37.0 Å². The number of pyridine rings is 2. The Labute approximate surface area is 297 Å². The topological polar surface area (TPSA) is 168 Å². The molecule has 0 spiro atoms. The molecule has 0 aromatic carbocycles. The molecule has 2 aromatic heterocycles. The number of rotatable bonds is 3. The van der Waals surface area contributed by atoms with E-state index in [4.69, 9.17) is 40.2 Å². The molecule has 15 heteroatoms. The van der Waals surface area contributed by atoms with Gasteiger partial charge in [-0.2, -0.15) is 13.8 Å². The van der Waals surface area contributed by atoms with Crippen molar-refractivity contribution >= 4 is 43.1 Å². The van der Waals surface area contributed by atoms with Crippen LogP contribution in [0.3, 0.4) is 0 Å². The van der Waals surface area contributed by atoms with E-state index >= 15 is 0 Å². The van der Waals surface area contributed by atoms with E-state index in [0.717, 1.165) is 69.1 Å². The Hall–Kier alpha value is -2.59. The molecule has 0 aliphatic carbocycles. The summed E-state index contributed by atoms with van der Waals surface area (Å²) in [5, 5.41) is 13.1. The van der Waals surface area contributed by atoms with E-state index in [2.05, 4.69) is 15.3 Å². The molecule has 4 heterocycles. The number of hydrogen-bond donors (Lipinski definition) is 3. The van der Waals surface area contributed by atoms with Crippen LogP contribution < -0.4 is 11.1 Å². The van der Waals surface area contributed by atoms with Crippen molar-refractivity contribution in [2.75, 3.05) is 31.5 Å². The zero-order valence-corrected chi connectivity index (χ0v) is 31.2. The van der Waals surface area contributed by atoms with Crippen LogP contribution in [-0.4, -0.2) is 94.3 Å². The van der Waals surface area contributed by atoms with E-state index in [9.17, 15) is 4.79 Å². The van der Waals surface area contributed by atoms with E-state index in [-0.39, 0.29) is 13.1 Å². The predicted octanol–water partition coefficient (Wildman–Crippen LogP) is 4.88. The fraction of sp³-hybridized carbons (Fsp3) is 0.594. The Balaban J connectivity index is 0. The molecule has 4 rings (SSSR count). The van der Waals surface area contributed by atoms with E-state index in [0.29, 0.717) is 17.2 Å². The Kier molecular flexibility index (Phi) is 27.1. The Morgan fingerprint density at radius 1 is 0.979 bits per heavy atom. The number of aryl methyl sites for hydroxylation is 2. The molecule has 0 bridgehead atoms. The van der Waals surface area contributed by atoms with Crippen LogP contribution in [0.25, 0.3) is 0 Å². The summed E-state index contributed by atoms with van der Waals surface area (Å²) in [7, 11) is -0.299. The fourth-order valence-electron chi connectivity index (χ4n) is 4.17. The molecule has 0 saturated carbocycles. The molecular formula is C32H52BClN6O6Pd-2. The van der Waals surface area contributed by atoms with Crippen LogP contribution >= 0.6 is 11.6 Å². The van der Waals surface area contributed by atoms with Gasteiger partial charge in [0.25, 0.3) is 0 Å². The molecular weight excluding hydrogens is 717 g/mol. The molecule has 1 amide bonds. The third-order valence-electron chi connectivity index (χ3n) is 6.34. The molecule has 2 aliphatic heterocycles. The van der Waals surface area contributed by atoms with Crippen LogP contribution in [0.1, 0.15) is 71.7 Å². The average molecular weight is 769 g/mol. The fourth-order valence-corrected chi connectivity index (χ4v) is 4.37. The first-order valence-corrected chi connectivity index (χ1v) is 16.3. The zero-order chi connectivity index (χ0) is 36.4. The van der Waals surface area contributed by atoms with Crippen LogP contribution in [0.15, 0.2) is 36.4 Å². The van der Waals surface area contributed by atoms with Crippen LogP contribution in [0.4, 0.5) is 10.6 Å². The molecule has 2 aliphatic rings. The van der Waals surface area contributed by atoms with Crippen molar-refractivity contribution in [3.8, 4) is 0 Å². The summed E-state index contributed by atoms with van der Waals surface area (Å²) in [6.07, 6.45) is 6.65. The normalized spacial score (nSPS) is 14.6. The molecule has 2 saturated heterocycles. The number of nitrogens with one attached hydrogen (secondary N) is 1. The van der Waals surface area contributed by atoms with Crippen LogP contribution in [0.5, 0.6) is 0 Å². The van der Waals surface area contributed by atoms with E-state index in [1.165, 1.54) is 45.6 Å².